The predicted octanol–water partition coefficient (Wildman–Crippen LogP) is 4.31. The Labute approximate surface area is 148 Å². The van der Waals surface area contributed by atoms with E-state index < -0.39 is 0 Å². The Bertz CT molecular complexity index is 630. The second-order valence-electron chi connectivity index (χ2n) is 6.55. The van der Waals surface area contributed by atoms with Crippen molar-refractivity contribution in [2.24, 2.45) is 0 Å². The largest absolute Gasteiger partial charge is 0.379 e. The molecule has 0 saturated carbocycles. The molecule has 3 atom stereocenters. The molecule has 124 valence electrons. The van der Waals surface area contributed by atoms with Crippen molar-refractivity contribution in [2.75, 3.05) is 26.7 Å². The molecule has 23 heavy (non-hydrogen) atoms. The van der Waals surface area contributed by atoms with E-state index in [1.54, 1.807) is 11.1 Å². The molecular weight excluding hydrogens is 326 g/mol. The van der Waals surface area contributed by atoms with Crippen molar-refractivity contribution in [3.8, 4) is 0 Å². The van der Waals surface area contributed by atoms with Crippen LogP contribution < -0.4 is 0 Å². The number of nitrogens with zero attached hydrogens (tertiary/aromatic N) is 1. The molecule has 0 amide bonds. The Hall–Kier alpha value is -0.870. The summed E-state index contributed by atoms with van der Waals surface area (Å²) in [6.07, 6.45) is 2.89. The average molecular weight is 350 g/mol. The van der Waals surface area contributed by atoms with Gasteiger partial charge in [0.25, 0.3) is 0 Å². The van der Waals surface area contributed by atoms with Crippen LogP contribution in [-0.4, -0.2) is 37.7 Å². The third kappa shape index (κ3) is 3.34. The van der Waals surface area contributed by atoms with Gasteiger partial charge in [-0.15, -0.1) is 23.7 Å². The van der Waals surface area contributed by atoms with Crippen LogP contribution in [0.15, 0.2) is 41.8 Å². The van der Waals surface area contributed by atoms with Crippen LogP contribution in [0.5, 0.6) is 0 Å². The van der Waals surface area contributed by atoms with Crippen molar-refractivity contribution in [3.05, 3.63) is 57.8 Å². The Morgan fingerprint density at radius 2 is 2.04 bits per heavy atom. The van der Waals surface area contributed by atoms with Crippen LogP contribution in [0.25, 0.3) is 0 Å². The number of benzene rings is 1. The minimum atomic E-state index is 0. The Morgan fingerprint density at radius 1 is 1.17 bits per heavy atom. The topological polar surface area (TPSA) is 12.5 Å². The molecule has 2 aromatic rings. The molecule has 1 aliphatic heterocycles. The Morgan fingerprint density at radius 3 is 2.83 bits per heavy atom. The van der Waals surface area contributed by atoms with E-state index >= 15 is 0 Å². The summed E-state index contributed by atoms with van der Waals surface area (Å²) in [5.74, 6) is 1.25. The van der Waals surface area contributed by atoms with E-state index in [-0.39, 0.29) is 12.4 Å². The molecule has 1 aromatic carbocycles. The van der Waals surface area contributed by atoms with Gasteiger partial charge in [-0.2, -0.15) is 0 Å². The van der Waals surface area contributed by atoms with Crippen LogP contribution in [0.3, 0.4) is 0 Å². The predicted molar refractivity (Wildman–Crippen MR) is 99.0 cm³/mol. The van der Waals surface area contributed by atoms with Crippen molar-refractivity contribution < 1.29 is 4.74 Å². The first kappa shape index (κ1) is 17.0. The van der Waals surface area contributed by atoms with Crippen LogP contribution in [0.4, 0.5) is 0 Å². The maximum atomic E-state index is 5.78. The highest BCUT2D eigenvalue weighted by molar-refractivity contribution is 7.10. The van der Waals surface area contributed by atoms with E-state index in [1.807, 2.05) is 18.4 Å². The quantitative estimate of drug-likeness (QED) is 0.815. The van der Waals surface area contributed by atoms with E-state index in [2.05, 4.69) is 46.7 Å². The second-order valence-corrected chi connectivity index (χ2v) is 7.53. The van der Waals surface area contributed by atoms with Crippen LogP contribution in [0.2, 0.25) is 0 Å². The molecule has 0 spiro atoms. The summed E-state index contributed by atoms with van der Waals surface area (Å²) < 4.78 is 5.78. The van der Waals surface area contributed by atoms with Gasteiger partial charge in [0.2, 0.25) is 0 Å². The van der Waals surface area contributed by atoms with Gasteiger partial charge in [0.1, 0.15) is 0 Å². The van der Waals surface area contributed by atoms with Crippen molar-refractivity contribution in [2.45, 2.75) is 30.8 Å². The SMILES string of the molecule is COC1CN(CC2CCc3ccccc32)CC1c1cccs1.Cl. The zero-order chi connectivity index (χ0) is 14.9. The summed E-state index contributed by atoms with van der Waals surface area (Å²) in [7, 11) is 1.86. The van der Waals surface area contributed by atoms with Crippen molar-refractivity contribution in [1.82, 2.24) is 4.90 Å². The fourth-order valence-corrected chi connectivity index (χ4v) is 5.03. The van der Waals surface area contributed by atoms with E-state index in [9.17, 15) is 0 Å². The first-order valence-electron chi connectivity index (χ1n) is 8.21. The molecular formula is C19H24ClNOS. The summed E-state index contributed by atoms with van der Waals surface area (Å²) in [6.45, 7) is 3.38. The fraction of sp³-hybridized carbons (Fsp3) is 0.474. The number of methoxy groups -OCH3 is 1. The molecule has 1 aromatic heterocycles. The van der Waals surface area contributed by atoms with Crippen LogP contribution in [0.1, 0.15) is 34.3 Å². The van der Waals surface area contributed by atoms with Gasteiger partial charge in [-0.05, 0) is 41.3 Å². The number of likely N-dealkylation sites (tertiary alicyclic amines) is 1. The van der Waals surface area contributed by atoms with Gasteiger partial charge in [0, 0.05) is 37.5 Å². The molecule has 2 aliphatic rings. The number of fused-ring (bicyclic) bond motifs is 1. The minimum Gasteiger partial charge on any atom is -0.379 e. The first-order valence-corrected chi connectivity index (χ1v) is 9.09. The van der Waals surface area contributed by atoms with Crippen molar-refractivity contribution >= 4 is 23.7 Å². The highest BCUT2D eigenvalue weighted by Crippen LogP contribution is 2.37. The van der Waals surface area contributed by atoms with Crippen LogP contribution >= 0.6 is 23.7 Å². The fourth-order valence-electron chi connectivity index (χ4n) is 4.16. The number of hydrogen-bond donors (Lipinski definition) is 0. The number of hydrogen-bond acceptors (Lipinski definition) is 3. The lowest BCUT2D eigenvalue weighted by atomic mass is 10.0. The van der Waals surface area contributed by atoms with Crippen LogP contribution in [-0.2, 0) is 11.2 Å². The number of thiophene rings is 1. The molecule has 1 saturated heterocycles. The van der Waals surface area contributed by atoms with Gasteiger partial charge in [-0.1, -0.05) is 30.3 Å². The van der Waals surface area contributed by atoms with E-state index in [1.165, 1.54) is 24.3 Å². The number of ether oxygens (including phenoxy) is 1. The zero-order valence-electron chi connectivity index (χ0n) is 13.5. The monoisotopic (exact) mass is 349 g/mol. The molecule has 0 N–H and O–H groups in total. The Balaban J connectivity index is 0.00000156. The molecule has 1 fully saturated rings. The summed E-state index contributed by atoms with van der Waals surface area (Å²) >= 11 is 1.87. The van der Waals surface area contributed by atoms with Gasteiger partial charge in [0.05, 0.1) is 6.10 Å². The molecule has 2 heterocycles. The molecule has 4 heteroatoms. The normalized spacial score (nSPS) is 26.9. The molecule has 4 rings (SSSR count). The minimum absolute atomic E-state index is 0. The highest BCUT2D eigenvalue weighted by atomic mass is 35.5. The number of halogens is 1. The lowest BCUT2D eigenvalue weighted by molar-refractivity contribution is 0.0972. The van der Waals surface area contributed by atoms with Crippen LogP contribution in [0, 0.1) is 0 Å². The average Bonchev–Trinajstić information content (AvgIpc) is 3.26. The van der Waals surface area contributed by atoms with Gasteiger partial charge in [-0.3, -0.25) is 4.90 Å². The third-order valence-electron chi connectivity index (χ3n) is 5.29. The van der Waals surface area contributed by atoms with E-state index in [0.717, 1.165) is 13.1 Å². The molecule has 0 bridgehead atoms. The maximum Gasteiger partial charge on any atom is 0.0786 e. The molecule has 1 aliphatic carbocycles. The molecule has 3 unspecified atom stereocenters. The first-order chi connectivity index (χ1) is 10.8. The second kappa shape index (κ2) is 7.35. The summed E-state index contributed by atoms with van der Waals surface area (Å²) in [6, 6.07) is 13.4. The standard InChI is InChI=1S/C19H23NOS.ClH/c1-21-18-13-20(12-17(18)19-7-4-10-22-19)11-15-9-8-14-5-2-3-6-16(14)15;/h2-7,10,15,17-18H,8-9,11-13H2,1H3;1H. The molecule has 0 radical (unpaired) electrons. The number of rotatable bonds is 4. The van der Waals surface area contributed by atoms with Gasteiger partial charge < -0.3 is 4.74 Å². The number of aryl methyl sites for hydroxylation is 1. The lowest BCUT2D eigenvalue weighted by Crippen LogP contribution is -2.27. The van der Waals surface area contributed by atoms with Gasteiger partial charge >= 0.3 is 0 Å². The maximum absolute atomic E-state index is 5.78. The summed E-state index contributed by atoms with van der Waals surface area (Å²) in [4.78, 5) is 4.09. The Kier molecular flexibility index (Phi) is 5.42. The van der Waals surface area contributed by atoms with Crippen molar-refractivity contribution in [3.63, 3.8) is 0 Å². The smallest absolute Gasteiger partial charge is 0.0786 e. The highest BCUT2D eigenvalue weighted by Gasteiger charge is 2.36. The summed E-state index contributed by atoms with van der Waals surface area (Å²) in [5, 5.41) is 2.18. The zero-order valence-corrected chi connectivity index (χ0v) is 15.1. The molecule has 2 nitrogen and oxygen atoms in total. The van der Waals surface area contributed by atoms with E-state index in [4.69, 9.17) is 4.74 Å². The van der Waals surface area contributed by atoms with Gasteiger partial charge in [0.15, 0.2) is 0 Å². The lowest BCUT2D eigenvalue weighted by Gasteiger charge is -2.21. The van der Waals surface area contributed by atoms with E-state index in [0.29, 0.717) is 17.9 Å². The van der Waals surface area contributed by atoms with Crippen molar-refractivity contribution in [1.29, 1.82) is 0 Å². The third-order valence-corrected chi connectivity index (χ3v) is 6.29. The summed E-state index contributed by atoms with van der Waals surface area (Å²) in [5.41, 5.74) is 3.14. The van der Waals surface area contributed by atoms with Gasteiger partial charge in [-0.25, -0.2) is 0 Å².